The Labute approximate surface area is 206 Å². The number of hydrogen-bond acceptors (Lipinski definition) is 8. The van der Waals surface area contributed by atoms with Gasteiger partial charge >= 0.3 is 0 Å². The van der Waals surface area contributed by atoms with Crippen LogP contribution in [0.4, 0.5) is 0 Å². The van der Waals surface area contributed by atoms with Crippen molar-refractivity contribution in [2.75, 3.05) is 7.05 Å². The van der Waals surface area contributed by atoms with E-state index in [0.717, 1.165) is 0 Å². The third kappa shape index (κ3) is 9.08. The van der Waals surface area contributed by atoms with Gasteiger partial charge in [0.05, 0.1) is 10.5 Å². The highest BCUT2D eigenvalue weighted by molar-refractivity contribution is 7.90. The van der Waals surface area contributed by atoms with Gasteiger partial charge in [0.25, 0.3) is 15.9 Å². The molecule has 10 heteroatoms. The Kier molecular flexibility index (Phi) is 12.8. The summed E-state index contributed by atoms with van der Waals surface area (Å²) in [6.45, 7) is 13.5. The summed E-state index contributed by atoms with van der Waals surface area (Å²) in [5, 5.41) is 0.699. The van der Waals surface area contributed by atoms with Crippen LogP contribution in [-0.4, -0.2) is 40.6 Å². The van der Waals surface area contributed by atoms with Crippen LogP contribution in [-0.2, 0) is 24.3 Å². The molecule has 1 aromatic heterocycles. The van der Waals surface area contributed by atoms with Gasteiger partial charge in [-0.25, -0.2) is 13.1 Å². The molecule has 3 aromatic rings. The summed E-state index contributed by atoms with van der Waals surface area (Å²) in [7, 11) is -2.46. The number of sulfonamides is 1. The number of carbonyl (C=O) groups is 3. The quantitative estimate of drug-likeness (QED) is 0.529. The van der Waals surface area contributed by atoms with Crippen LogP contribution in [0.15, 0.2) is 57.8 Å². The fourth-order valence-corrected chi connectivity index (χ4v) is 4.31. The molecule has 0 aliphatic heterocycles. The molecular weight excluding hydrogens is 472 g/mol. The maximum atomic E-state index is 12.6. The van der Waals surface area contributed by atoms with E-state index in [4.69, 9.17) is 18.7 Å². The molecule has 0 spiro atoms. The second kappa shape index (κ2) is 14.1. The number of nitrogens with one attached hydrogen (secondary N) is 1. The molecule has 3 N–H and O–H groups in total. The Morgan fingerprint density at radius 2 is 1.60 bits per heavy atom. The predicted octanol–water partition coefficient (Wildman–Crippen LogP) is 3.94. The zero-order chi connectivity index (χ0) is 27.4. The van der Waals surface area contributed by atoms with E-state index in [-0.39, 0.29) is 22.2 Å². The summed E-state index contributed by atoms with van der Waals surface area (Å²) < 4.78 is 39.0. The summed E-state index contributed by atoms with van der Waals surface area (Å²) in [6.07, 6.45) is -0.263. The number of nitrogens with two attached hydrogens (primary N) is 1. The topological polar surface area (TPSA) is 146 Å². The first-order valence-electron chi connectivity index (χ1n) is 10.5. The Morgan fingerprint density at radius 1 is 1.03 bits per heavy atom. The van der Waals surface area contributed by atoms with Gasteiger partial charge in [0.2, 0.25) is 0 Å². The van der Waals surface area contributed by atoms with E-state index in [9.17, 15) is 13.2 Å². The van der Waals surface area contributed by atoms with E-state index < -0.39 is 15.9 Å². The summed E-state index contributed by atoms with van der Waals surface area (Å²) in [5.41, 5.74) is 5.57. The van der Waals surface area contributed by atoms with Crippen LogP contribution >= 0.6 is 0 Å². The summed E-state index contributed by atoms with van der Waals surface area (Å²) >= 11 is 0. The van der Waals surface area contributed by atoms with Crippen LogP contribution in [0.5, 0.6) is 0 Å². The molecule has 1 heterocycles. The van der Waals surface area contributed by atoms with Crippen LogP contribution in [0.3, 0.4) is 0 Å². The van der Waals surface area contributed by atoms with Gasteiger partial charge < -0.3 is 24.5 Å². The van der Waals surface area contributed by atoms with Crippen molar-refractivity contribution in [1.82, 2.24) is 4.72 Å². The van der Waals surface area contributed by atoms with Gasteiger partial charge in [0.1, 0.15) is 31.0 Å². The Balaban J connectivity index is 0.00000179. The number of amides is 1. The average Bonchev–Trinajstić information content (AvgIpc) is 3.26. The molecule has 0 radical (unpaired) electrons. The predicted molar refractivity (Wildman–Crippen MR) is 136 cm³/mol. The van der Waals surface area contributed by atoms with Gasteiger partial charge in [-0.1, -0.05) is 18.2 Å². The number of aryl methyl sites for hydroxylation is 1. The zero-order valence-electron chi connectivity index (χ0n) is 21.0. The fourth-order valence-electron chi connectivity index (χ4n) is 3.09. The SMILES string of the molecule is C=O.C=O.CN.Cc1ccccc1S(=O)(=O)NC(=O)c1ccc2oc(C(C)OC(C)(C)C)cc2c1. The van der Waals surface area contributed by atoms with E-state index in [0.29, 0.717) is 22.3 Å². The highest BCUT2D eigenvalue weighted by Gasteiger charge is 2.22. The molecule has 192 valence electrons. The van der Waals surface area contributed by atoms with Gasteiger partial charge in [-0.15, -0.1) is 0 Å². The highest BCUT2D eigenvalue weighted by atomic mass is 32.2. The summed E-state index contributed by atoms with van der Waals surface area (Å²) in [6, 6.07) is 13.1. The molecule has 3 rings (SSSR count). The number of ether oxygens (including phenoxy) is 1. The number of hydrogen-bond donors (Lipinski definition) is 2. The molecule has 0 bridgehead atoms. The molecule has 35 heavy (non-hydrogen) atoms. The molecule has 0 fully saturated rings. The molecule has 1 amide bonds. The van der Waals surface area contributed by atoms with Crippen molar-refractivity contribution in [3.05, 3.63) is 65.4 Å². The fraction of sp³-hybridized carbons (Fsp3) is 0.320. The minimum absolute atomic E-state index is 0.0770. The molecule has 0 aliphatic rings. The van der Waals surface area contributed by atoms with E-state index in [1.807, 2.05) is 41.3 Å². The summed E-state index contributed by atoms with van der Waals surface area (Å²) in [5.74, 6) is -0.0584. The monoisotopic (exact) mass is 506 g/mol. The van der Waals surface area contributed by atoms with Crippen molar-refractivity contribution in [1.29, 1.82) is 0 Å². The third-order valence-corrected chi connectivity index (χ3v) is 5.83. The molecule has 2 aromatic carbocycles. The van der Waals surface area contributed by atoms with E-state index in [1.54, 1.807) is 43.3 Å². The maximum Gasteiger partial charge on any atom is 0.265 e. The molecule has 0 saturated heterocycles. The van der Waals surface area contributed by atoms with Gasteiger partial charge in [-0.3, -0.25) is 4.79 Å². The standard InChI is InChI=1S/C22H25NO5S.CH5N.2CH2O/c1-14-8-6-7-9-20(14)29(25,26)23-21(24)16-10-11-18-17(12-16)13-19(27-18)15(2)28-22(3,4)5;3*1-2/h6-13,15H,1-5H3,(H,23,24);2H2,1H3;2*1H2. The number of benzene rings is 2. The van der Waals surface area contributed by atoms with Gasteiger partial charge in [0, 0.05) is 10.9 Å². The van der Waals surface area contributed by atoms with Crippen LogP contribution in [0.25, 0.3) is 11.0 Å². The first-order chi connectivity index (χ1) is 16.5. The molecule has 9 nitrogen and oxygen atoms in total. The normalized spacial score (nSPS) is 11.5. The molecular formula is C25H34N2O7S. The minimum Gasteiger partial charge on any atom is -0.458 e. The molecule has 0 saturated carbocycles. The highest BCUT2D eigenvalue weighted by Crippen LogP contribution is 2.29. The van der Waals surface area contributed by atoms with Crippen LogP contribution in [0, 0.1) is 6.92 Å². The first kappa shape index (κ1) is 31.7. The first-order valence-corrected chi connectivity index (χ1v) is 11.9. The van der Waals surface area contributed by atoms with Crippen LogP contribution in [0.1, 0.15) is 55.5 Å². The van der Waals surface area contributed by atoms with E-state index in [1.165, 1.54) is 19.2 Å². The Bertz CT molecular complexity index is 1200. The van der Waals surface area contributed by atoms with Crippen molar-refractivity contribution in [3.8, 4) is 0 Å². The Morgan fingerprint density at radius 3 is 2.14 bits per heavy atom. The molecule has 1 unspecified atom stereocenters. The molecule has 1 atom stereocenters. The number of carbonyl (C=O) groups excluding carboxylic acids is 3. The van der Waals surface area contributed by atoms with Crippen molar-refractivity contribution < 1.29 is 32.0 Å². The average molecular weight is 507 g/mol. The second-order valence-corrected chi connectivity index (χ2v) is 9.62. The van der Waals surface area contributed by atoms with Crippen LogP contribution < -0.4 is 10.5 Å². The lowest BCUT2D eigenvalue weighted by Gasteiger charge is -2.23. The van der Waals surface area contributed by atoms with Gasteiger partial charge in [-0.05, 0) is 77.6 Å². The van der Waals surface area contributed by atoms with Crippen molar-refractivity contribution in [2.24, 2.45) is 5.73 Å². The number of rotatable bonds is 5. The van der Waals surface area contributed by atoms with Gasteiger partial charge in [-0.2, -0.15) is 0 Å². The summed E-state index contributed by atoms with van der Waals surface area (Å²) in [4.78, 5) is 28.6. The Hall–Kier alpha value is -3.34. The maximum absolute atomic E-state index is 12.6. The third-order valence-electron chi connectivity index (χ3n) is 4.34. The lowest BCUT2D eigenvalue weighted by Crippen LogP contribution is -2.31. The molecule has 0 aliphatic carbocycles. The smallest absolute Gasteiger partial charge is 0.265 e. The number of fused-ring (bicyclic) bond motifs is 1. The number of furan rings is 1. The van der Waals surface area contributed by atoms with E-state index in [2.05, 4.69) is 10.5 Å². The van der Waals surface area contributed by atoms with Crippen molar-refractivity contribution >= 4 is 40.5 Å². The largest absolute Gasteiger partial charge is 0.458 e. The van der Waals surface area contributed by atoms with Gasteiger partial charge in [0.15, 0.2) is 0 Å². The minimum atomic E-state index is -3.96. The second-order valence-electron chi connectivity index (χ2n) is 7.97. The van der Waals surface area contributed by atoms with Crippen molar-refractivity contribution in [3.63, 3.8) is 0 Å². The van der Waals surface area contributed by atoms with Crippen molar-refractivity contribution in [2.45, 2.75) is 51.2 Å². The lowest BCUT2D eigenvalue weighted by molar-refractivity contribution is -0.0987. The van der Waals surface area contributed by atoms with Crippen LogP contribution in [0.2, 0.25) is 0 Å². The zero-order valence-corrected chi connectivity index (χ0v) is 21.8. The lowest BCUT2D eigenvalue weighted by atomic mass is 10.1. The van der Waals surface area contributed by atoms with E-state index >= 15 is 0 Å².